The zero-order valence-corrected chi connectivity index (χ0v) is 16.9. The summed E-state index contributed by atoms with van der Waals surface area (Å²) in [5, 5.41) is 9.86. The van der Waals surface area contributed by atoms with Gasteiger partial charge in [-0.1, -0.05) is 18.2 Å². The van der Waals surface area contributed by atoms with E-state index in [1.54, 1.807) is 28.8 Å². The number of nitriles is 1. The van der Waals surface area contributed by atoms with E-state index < -0.39 is 16.4 Å². The Labute approximate surface area is 177 Å². The van der Waals surface area contributed by atoms with Gasteiger partial charge in [-0.15, -0.1) is 0 Å². The van der Waals surface area contributed by atoms with Crippen molar-refractivity contribution in [1.82, 2.24) is 9.55 Å². The van der Waals surface area contributed by atoms with Gasteiger partial charge >= 0.3 is 0 Å². The number of allylic oxidation sites excluding steroid dienone is 4. The fraction of sp³-hybridized carbons (Fsp3) is 0.182. The summed E-state index contributed by atoms with van der Waals surface area (Å²) in [6, 6.07) is 10.1. The largest absolute Gasteiger partial charge is 0.293 e. The Morgan fingerprint density at radius 2 is 1.94 bits per heavy atom. The van der Waals surface area contributed by atoms with Crippen molar-refractivity contribution in [3.05, 3.63) is 65.9 Å². The molecule has 0 radical (unpaired) electrons. The summed E-state index contributed by atoms with van der Waals surface area (Å²) in [4.78, 5) is 4.22. The van der Waals surface area contributed by atoms with Crippen LogP contribution in [0.5, 0.6) is 0 Å². The third kappa shape index (κ3) is 3.29. The van der Waals surface area contributed by atoms with Gasteiger partial charge < -0.3 is 0 Å². The predicted molar refractivity (Wildman–Crippen MR) is 114 cm³/mol. The van der Waals surface area contributed by atoms with E-state index in [0.717, 1.165) is 11.9 Å². The molecule has 6 nitrogen and oxygen atoms in total. The van der Waals surface area contributed by atoms with Crippen molar-refractivity contribution in [1.29, 1.82) is 5.26 Å². The van der Waals surface area contributed by atoms with Crippen LogP contribution in [0.4, 0.5) is 14.5 Å². The molecule has 0 saturated heterocycles. The number of nitrogens with one attached hydrogen (secondary N) is 1. The number of hydrogen-bond donors (Lipinski definition) is 1. The highest BCUT2D eigenvalue weighted by atomic mass is 32.2. The monoisotopic (exact) mass is 438 g/mol. The zero-order valence-electron chi connectivity index (χ0n) is 16.1. The van der Waals surface area contributed by atoms with Crippen LogP contribution in [-0.4, -0.2) is 23.2 Å². The molecule has 0 unspecified atom stereocenters. The lowest BCUT2D eigenvalue weighted by molar-refractivity contribution is 0.151. The lowest BCUT2D eigenvalue weighted by atomic mass is 10.1. The molecule has 2 aliphatic carbocycles. The van der Waals surface area contributed by atoms with Gasteiger partial charge in [0, 0.05) is 34.1 Å². The Kier molecular flexibility index (Phi) is 4.41. The Morgan fingerprint density at radius 1 is 1.23 bits per heavy atom. The van der Waals surface area contributed by atoms with Crippen LogP contribution in [-0.2, 0) is 10.0 Å². The van der Waals surface area contributed by atoms with Crippen molar-refractivity contribution in [2.75, 3.05) is 4.72 Å². The van der Waals surface area contributed by atoms with Crippen LogP contribution < -0.4 is 4.72 Å². The quantitative estimate of drug-likeness (QED) is 0.597. The van der Waals surface area contributed by atoms with Crippen molar-refractivity contribution >= 4 is 32.4 Å². The topological polar surface area (TPSA) is 87.8 Å². The van der Waals surface area contributed by atoms with Gasteiger partial charge in [0.2, 0.25) is 10.0 Å². The van der Waals surface area contributed by atoms with Crippen molar-refractivity contribution in [3.8, 4) is 17.3 Å². The number of benzene rings is 1. The number of aromatic nitrogens is 2. The maximum atomic E-state index is 13.2. The number of alkyl halides is 2. The van der Waals surface area contributed by atoms with Gasteiger partial charge in [-0.3, -0.25) is 9.29 Å². The van der Waals surface area contributed by atoms with Crippen LogP contribution in [0.1, 0.15) is 30.4 Å². The average Bonchev–Trinajstić information content (AvgIpc) is 3.52. The van der Waals surface area contributed by atoms with E-state index in [0.29, 0.717) is 40.8 Å². The highest BCUT2D eigenvalue weighted by molar-refractivity contribution is 7.93. The van der Waals surface area contributed by atoms with E-state index in [1.165, 1.54) is 6.07 Å². The molecule has 1 aromatic carbocycles. The van der Waals surface area contributed by atoms with Crippen LogP contribution >= 0.6 is 0 Å². The predicted octanol–water partition coefficient (Wildman–Crippen LogP) is 4.83. The molecule has 156 valence electrons. The second-order valence-corrected chi connectivity index (χ2v) is 9.45. The number of fused-ring (bicyclic) bond motifs is 1. The summed E-state index contributed by atoms with van der Waals surface area (Å²) in [5.41, 5.74) is 2.75. The minimum Gasteiger partial charge on any atom is -0.293 e. The number of rotatable bonds is 6. The molecule has 2 heterocycles. The number of nitrogens with zero attached hydrogens (tertiary/aromatic N) is 3. The van der Waals surface area contributed by atoms with Gasteiger partial charge in [-0.25, -0.2) is 22.2 Å². The summed E-state index contributed by atoms with van der Waals surface area (Å²) in [6.07, 6.45) is 5.25. The highest BCUT2D eigenvalue weighted by Gasteiger charge is 2.35. The number of anilines is 1. The van der Waals surface area contributed by atoms with Crippen LogP contribution in [0.2, 0.25) is 0 Å². The Balaban J connectivity index is 1.64. The fourth-order valence-corrected chi connectivity index (χ4v) is 4.98. The smallest absolute Gasteiger partial charge is 0.265 e. The third-order valence-electron chi connectivity index (χ3n) is 5.37. The van der Waals surface area contributed by atoms with Gasteiger partial charge in [-0.2, -0.15) is 5.26 Å². The van der Waals surface area contributed by atoms with E-state index in [1.807, 2.05) is 18.2 Å². The first-order chi connectivity index (χ1) is 14.9. The van der Waals surface area contributed by atoms with Crippen molar-refractivity contribution in [2.45, 2.75) is 24.5 Å². The molecule has 5 rings (SSSR count). The van der Waals surface area contributed by atoms with Gasteiger partial charge in [0.15, 0.2) is 0 Å². The van der Waals surface area contributed by atoms with Crippen LogP contribution in [0.25, 0.3) is 28.0 Å². The maximum absolute atomic E-state index is 13.2. The number of sulfonamides is 1. The molecule has 0 aliphatic heterocycles. The normalized spacial score (nSPS) is 15.6. The molecular formula is C22H16F2N4O2S. The summed E-state index contributed by atoms with van der Waals surface area (Å²) in [7, 11) is -3.39. The second-order valence-electron chi connectivity index (χ2n) is 7.49. The van der Waals surface area contributed by atoms with Gasteiger partial charge in [0.1, 0.15) is 11.7 Å². The van der Waals surface area contributed by atoms with Crippen LogP contribution in [0.3, 0.4) is 0 Å². The van der Waals surface area contributed by atoms with Crippen molar-refractivity contribution in [3.63, 3.8) is 0 Å². The molecule has 1 fully saturated rings. The van der Waals surface area contributed by atoms with E-state index in [9.17, 15) is 22.5 Å². The minimum atomic E-state index is -3.39. The number of pyridine rings is 1. The van der Waals surface area contributed by atoms with Gasteiger partial charge in [-0.05, 0) is 43.2 Å². The molecule has 1 N–H and O–H groups in total. The SMILES string of the molecule is N#Cc1c(-c2ccc(NS(=O)(=O)C3CC3)cc2)n(C2=CC=C2)c2ncc(C(F)F)cc12. The van der Waals surface area contributed by atoms with E-state index in [-0.39, 0.29) is 16.4 Å². The summed E-state index contributed by atoms with van der Waals surface area (Å²) in [5.74, 6) is 0. The molecule has 0 spiro atoms. The molecule has 9 heteroatoms. The van der Waals surface area contributed by atoms with Gasteiger partial charge in [0.25, 0.3) is 6.43 Å². The van der Waals surface area contributed by atoms with Crippen molar-refractivity contribution < 1.29 is 17.2 Å². The summed E-state index contributed by atoms with van der Waals surface area (Å²) < 4.78 is 55.1. The van der Waals surface area contributed by atoms with Crippen LogP contribution in [0.15, 0.2) is 54.8 Å². The Hall–Kier alpha value is -3.51. The zero-order chi connectivity index (χ0) is 21.8. The third-order valence-corrected chi connectivity index (χ3v) is 7.24. The molecule has 3 aromatic rings. The second kappa shape index (κ2) is 7.03. The molecule has 2 aliphatic rings. The molecule has 0 bridgehead atoms. The first-order valence-corrected chi connectivity index (χ1v) is 11.2. The first-order valence-electron chi connectivity index (χ1n) is 9.62. The lowest BCUT2D eigenvalue weighted by Gasteiger charge is -2.15. The lowest BCUT2D eigenvalue weighted by Crippen LogP contribution is -2.17. The summed E-state index contributed by atoms with van der Waals surface area (Å²) in [6.45, 7) is 0. The Morgan fingerprint density at radius 3 is 2.48 bits per heavy atom. The van der Waals surface area contributed by atoms with E-state index in [2.05, 4.69) is 15.8 Å². The molecule has 1 saturated carbocycles. The van der Waals surface area contributed by atoms with E-state index in [4.69, 9.17) is 0 Å². The number of halogens is 2. The molecule has 31 heavy (non-hydrogen) atoms. The molecule has 0 atom stereocenters. The Bertz CT molecular complexity index is 1410. The summed E-state index contributed by atoms with van der Waals surface area (Å²) >= 11 is 0. The number of hydrogen-bond acceptors (Lipinski definition) is 4. The highest BCUT2D eigenvalue weighted by Crippen LogP contribution is 2.38. The first kappa shape index (κ1) is 19.5. The fourth-order valence-electron chi connectivity index (χ4n) is 3.59. The van der Waals surface area contributed by atoms with Crippen LogP contribution in [0, 0.1) is 11.3 Å². The van der Waals surface area contributed by atoms with Crippen molar-refractivity contribution in [2.24, 2.45) is 0 Å². The molecule has 0 amide bonds. The minimum absolute atomic E-state index is 0.234. The molecule has 2 aromatic heterocycles. The maximum Gasteiger partial charge on any atom is 0.265 e. The average molecular weight is 438 g/mol. The van der Waals surface area contributed by atoms with E-state index >= 15 is 0 Å². The molecular weight excluding hydrogens is 422 g/mol. The standard InChI is InChI=1S/C22H16F2N4O2S/c23-21(24)14-10-18-19(11-25)20(28(16-2-1-3-16)22(18)26-12-14)13-4-6-15(7-5-13)27-31(29,30)17-8-9-17/h1-7,10,12,17,21,27H,8-9H2. The van der Waals surface area contributed by atoms with Gasteiger partial charge in [0.05, 0.1) is 16.5 Å².